The van der Waals surface area contributed by atoms with Crippen LogP contribution in [0.5, 0.6) is 0 Å². The topological polar surface area (TPSA) is 20.2 Å². The Kier molecular flexibility index (Phi) is 3.02. The summed E-state index contributed by atoms with van der Waals surface area (Å²) >= 11 is 0. The molecule has 2 heteroatoms. The van der Waals surface area contributed by atoms with E-state index in [0.29, 0.717) is 11.5 Å². The number of aryl methyl sites for hydroxylation is 1. The maximum Gasteiger partial charge on any atom is 0.126 e. The van der Waals surface area contributed by atoms with Crippen LogP contribution in [0.2, 0.25) is 0 Å². The van der Waals surface area contributed by atoms with E-state index in [4.69, 9.17) is 0 Å². The third-order valence-corrected chi connectivity index (χ3v) is 3.81. The van der Waals surface area contributed by atoms with Gasteiger partial charge in [-0.3, -0.25) is 0 Å². The van der Waals surface area contributed by atoms with Crippen LogP contribution >= 0.6 is 0 Å². The zero-order chi connectivity index (χ0) is 11.8. The van der Waals surface area contributed by atoms with Gasteiger partial charge in [-0.05, 0) is 55.7 Å². The van der Waals surface area contributed by atoms with E-state index in [0.717, 1.165) is 31.2 Å². The van der Waals surface area contributed by atoms with Crippen LogP contribution in [-0.2, 0) is 5.60 Å². The highest BCUT2D eigenvalue weighted by Gasteiger charge is 2.33. The van der Waals surface area contributed by atoms with Gasteiger partial charge in [0, 0.05) is 0 Å². The van der Waals surface area contributed by atoms with Crippen LogP contribution < -0.4 is 0 Å². The van der Waals surface area contributed by atoms with Gasteiger partial charge in [0.25, 0.3) is 0 Å². The third kappa shape index (κ3) is 2.12. The predicted molar refractivity (Wildman–Crippen MR) is 62.7 cm³/mol. The second-order valence-corrected chi connectivity index (χ2v) is 5.18. The van der Waals surface area contributed by atoms with Gasteiger partial charge in [-0.15, -0.1) is 0 Å². The predicted octanol–water partition coefficient (Wildman–Crippen LogP) is 3.53. The molecular weight excluding hydrogens is 203 g/mol. The molecule has 0 atom stereocenters. The summed E-state index contributed by atoms with van der Waals surface area (Å²) < 4.78 is 13.5. The summed E-state index contributed by atoms with van der Waals surface area (Å²) in [7, 11) is 0. The lowest BCUT2D eigenvalue weighted by atomic mass is 9.76. The highest BCUT2D eigenvalue weighted by Crippen LogP contribution is 2.39. The summed E-state index contributed by atoms with van der Waals surface area (Å²) in [6.07, 6.45) is 3.53. The van der Waals surface area contributed by atoms with Gasteiger partial charge in [0.2, 0.25) is 0 Å². The summed E-state index contributed by atoms with van der Waals surface area (Å²) in [6.45, 7) is 3.95. The molecule has 1 saturated carbocycles. The molecule has 0 heterocycles. The van der Waals surface area contributed by atoms with Crippen molar-refractivity contribution in [3.8, 4) is 0 Å². The fraction of sp³-hybridized carbons (Fsp3) is 0.571. The molecule has 16 heavy (non-hydrogen) atoms. The van der Waals surface area contributed by atoms with Crippen LogP contribution in [0.3, 0.4) is 0 Å². The van der Waals surface area contributed by atoms with Gasteiger partial charge in [0.1, 0.15) is 5.82 Å². The van der Waals surface area contributed by atoms with Crippen molar-refractivity contribution in [3.05, 3.63) is 35.1 Å². The molecule has 0 aliphatic heterocycles. The van der Waals surface area contributed by atoms with Crippen LogP contribution in [0.4, 0.5) is 4.39 Å². The average Bonchev–Trinajstić information content (AvgIpc) is 2.26. The zero-order valence-electron chi connectivity index (χ0n) is 9.96. The van der Waals surface area contributed by atoms with E-state index in [1.54, 1.807) is 13.0 Å². The van der Waals surface area contributed by atoms with Crippen LogP contribution in [0, 0.1) is 18.7 Å². The normalized spacial score (nSPS) is 30.4. The molecular formula is C14H19FO. The first-order valence-corrected chi connectivity index (χ1v) is 6.00. The van der Waals surface area contributed by atoms with Gasteiger partial charge in [-0.2, -0.15) is 0 Å². The van der Waals surface area contributed by atoms with E-state index < -0.39 is 5.60 Å². The maximum absolute atomic E-state index is 13.5. The molecule has 0 bridgehead atoms. The van der Waals surface area contributed by atoms with Crippen LogP contribution in [-0.4, -0.2) is 5.11 Å². The minimum Gasteiger partial charge on any atom is -0.385 e. The lowest BCUT2D eigenvalue weighted by Gasteiger charge is -2.35. The molecule has 1 aromatic rings. The molecule has 0 spiro atoms. The van der Waals surface area contributed by atoms with Gasteiger partial charge < -0.3 is 5.11 Å². The average molecular weight is 222 g/mol. The lowest BCUT2D eigenvalue weighted by molar-refractivity contribution is -0.0122. The lowest BCUT2D eigenvalue weighted by Crippen LogP contribution is -2.30. The van der Waals surface area contributed by atoms with E-state index in [1.807, 2.05) is 6.07 Å². The van der Waals surface area contributed by atoms with Gasteiger partial charge >= 0.3 is 0 Å². The van der Waals surface area contributed by atoms with Crippen molar-refractivity contribution >= 4 is 0 Å². The van der Waals surface area contributed by atoms with E-state index in [2.05, 4.69) is 6.92 Å². The van der Waals surface area contributed by atoms with Crippen molar-refractivity contribution < 1.29 is 9.50 Å². The van der Waals surface area contributed by atoms with Crippen molar-refractivity contribution in [2.45, 2.75) is 45.1 Å². The Hall–Kier alpha value is -0.890. The second kappa shape index (κ2) is 4.17. The molecule has 1 aliphatic carbocycles. The number of hydrogen-bond donors (Lipinski definition) is 1. The Bertz CT molecular complexity index is 378. The van der Waals surface area contributed by atoms with Crippen LogP contribution in [0.1, 0.15) is 43.7 Å². The van der Waals surface area contributed by atoms with Crippen LogP contribution in [0.15, 0.2) is 18.2 Å². The number of aliphatic hydroxyl groups is 1. The van der Waals surface area contributed by atoms with Gasteiger partial charge in [-0.1, -0.05) is 19.1 Å². The monoisotopic (exact) mass is 222 g/mol. The quantitative estimate of drug-likeness (QED) is 0.770. The molecule has 1 aromatic carbocycles. The van der Waals surface area contributed by atoms with Crippen molar-refractivity contribution in [2.75, 3.05) is 0 Å². The molecule has 0 saturated heterocycles. The van der Waals surface area contributed by atoms with Crippen molar-refractivity contribution in [1.82, 2.24) is 0 Å². The van der Waals surface area contributed by atoms with Gasteiger partial charge in [-0.25, -0.2) is 4.39 Å². The summed E-state index contributed by atoms with van der Waals surface area (Å²) in [4.78, 5) is 0. The van der Waals surface area contributed by atoms with Crippen molar-refractivity contribution in [3.63, 3.8) is 0 Å². The van der Waals surface area contributed by atoms with E-state index in [9.17, 15) is 9.50 Å². The fourth-order valence-corrected chi connectivity index (χ4v) is 2.41. The molecule has 0 amide bonds. The van der Waals surface area contributed by atoms with E-state index in [1.165, 1.54) is 6.07 Å². The molecule has 0 aromatic heterocycles. The highest BCUT2D eigenvalue weighted by atomic mass is 19.1. The molecule has 2 rings (SSSR count). The Morgan fingerprint density at radius 2 is 1.94 bits per heavy atom. The summed E-state index contributed by atoms with van der Waals surface area (Å²) in [5.41, 5.74) is 0.570. The first kappa shape index (κ1) is 11.6. The minimum atomic E-state index is -0.805. The Morgan fingerprint density at radius 1 is 1.31 bits per heavy atom. The highest BCUT2D eigenvalue weighted by molar-refractivity contribution is 5.28. The standard InChI is InChI=1S/C14H19FO/c1-10-5-7-14(16,8-6-10)12-4-3-11(2)13(15)9-12/h3-4,9-10,16H,5-8H2,1-2H3. The van der Waals surface area contributed by atoms with Crippen LogP contribution in [0.25, 0.3) is 0 Å². The van der Waals surface area contributed by atoms with Gasteiger partial charge in [0.05, 0.1) is 5.60 Å². The van der Waals surface area contributed by atoms with Crippen molar-refractivity contribution in [1.29, 1.82) is 0 Å². The number of halogens is 1. The first-order valence-electron chi connectivity index (χ1n) is 6.00. The molecule has 1 fully saturated rings. The molecule has 0 radical (unpaired) electrons. The molecule has 0 unspecified atom stereocenters. The number of benzene rings is 1. The summed E-state index contributed by atoms with van der Waals surface area (Å²) in [6, 6.07) is 5.10. The van der Waals surface area contributed by atoms with E-state index >= 15 is 0 Å². The van der Waals surface area contributed by atoms with E-state index in [-0.39, 0.29) is 5.82 Å². The molecule has 1 aliphatic rings. The molecule has 1 N–H and O–H groups in total. The number of hydrogen-bond acceptors (Lipinski definition) is 1. The minimum absolute atomic E-state index is 0.218. The molecule has 88 valence electrons. The number of rotatable bonds is 1. The maximum atomic E-state index is 13.5. The Morgan fingerprint density at radius 3 is 2.50 bits per heavy atom. The second-order valence-electron chi connectivity index (χ2n) is 5.18. The Labute approximate surface area is 96.3 Å². The molecule has 1 nitrogen and oxygen atoms in total. The SMILES string of the molecule is Cc1ccc(C2(O)CCC(C)CC2)cc1F. The first-order chi connectivity index (χ1) is 7.51. The van der Waals surface area contributed by atoms with Gasteiger partial charge in [0.15, 0.2) is 0 Å². The summed E-state index contributed by atoms with van der Waals surface area (Å²) in [5, 5.41) is 10.5. The van der Waals surface area contributed by atoms with Crippen molar-refractivity contribution in [2.24, 2.45) is 5.92 Å². The smallest absolute Gasteiger partial charge is 0.126 e. The largest absolute Gasteiger partial charge is 0.385 e. The Balaban J connectivity index is 2.25. The summed E-state index contributed by atoms with van der Waals surface area (Å²) in [5.74, 6) is 0.458. The zero-order valence-corrected chi connectivity index (χ0v) is 9.96. The third-order valence-electron chi connectivity index (χ3n) is 3.81. The fourth-order valence-electron chi connectivity index (χ4n) is 2.41.